The standard InChI is InChI=1S/C25H42O5Si/c1-9-18(5)19(6)23(29-17-21-13-15-22(28-8)16-14-21)24(20(7)25(26)27)30-31(10-2,11-3)12-4/h9,13-16,18-20,23-24H,1,10-12,17H2,2-8H3,(H,26,27)/t18-,19+,20+,23-,24+/m1/s1. The second kappa shape index (κ2) is 13.0. The maximum atomic E-state index is 12.0. The molecule has 0 spiro atoms. The normalized spacial score (nSPS) is 16.7. The van der Waals surface area contributed by atoms with Crippen molar-refractivity contribution in [2.75, 3.05) is 7.11 Å². The minimum atomic E-state index is -2.05. The van der Waals surface area contributed by atoms with Gasteiger partial charge in [0.1, 0.15) is 5.75 Å². The van der Waals surface area contributed by atoms with Crippen LogP contribution in [0, 0.1) is 17.8 Å². The van der Waals surface area contributed by atoms with E-state index in [1.807, 2.05) is 30.3 Å². The first-order chi connectivity index (χ1) is 14.7. The van der Waals surface area contributed by atoms with Gasteiger partial charge in [-0.3, -0.25) is 4.79 Å². The Morgan fingerprint density at radius 2 is 1.61 bits per heavy atom. The summed E-state index contributed by atoms with van der Waals surface area (Å²) in [7, 11) is -0.410. The molecule has 0 radical (unpaired) electrons. The third kappa shape index (κ3) is 7.47. The van der Waals surface area contributed by atoms with Crippen molar-refractivity contribution in [1.29, 1.82) is 0 Å². The predicted octanol–water partition coefficient (Wildman–Crippen LogP) is 6.15. The van der Waals surface area contributed by atoms with Gasteiger partial charge < -0.3 is 19.0 Å². The van der Waals surface area contributed by atoms with Gasteiger partial charge in [0.15, 0.2) is 8.32 Å². The van der Waals surface area contributed by atoms with Crippen molar-refractivity contribution in [2.24, 2.45) is 17.8 Å². The summed E-state index contributed by atoms with van der Waals surface area (Å²) in [5.41, 5.74) is 1.01. The SMILES string of the molecule is C=C[C@@H](C)[C@H](C)[C@@H](OCc1ccc(OC)cc1)[C@@H](O[Si](CC)(CC)CC)[C@H](C)C(=O)O. The van der Waals surface area contributed by atoms with Crippen LogP contribution in [0.1, 0.15) is 47.1 Å². The second-order valence-electron chi connectivity index (χ2n) is 8.53. The van der Waals surface area contributed by atoms with Gasteiger partial charge in [-0.05, 0) is 54.6 Å². The summed E-state index contributed by atoms with van der Waals surface area (Å²) in [6.45, 7) is 16.7. The van der Waals surface area contributed by atoms with Gasteiger partial charge >= 0.3 is 5.97 Å². The highest BCUT2D eigenvalue weighted by molar-refractivity contribution is 6.73. The fourth-order valence-electron chi connectivity index (χ4n) is 3.86. The number of hydrogen-bond donors (Lipinski definition) is 1. The van der Waals surface area contributed by atoms with E-state index in [1.54, 1.807) is 14.0 Å². The van der Waals surface area contributed by atoms with E-state index >= 15 is 0 Å². The number of methoxy groups -OCH3 is 1. The zero-order chi connectivity index (χ0) is 23.6. The molecule has 0 aliphatic carbocycles. The molecule has 0 amide bonds. The highest BCUT2D eigenvalue weighted by Crippen LogP contribution is 2.33. The van der Waals surface area contributed by atoms with Gasteiger partial charge in [0.2, 0.25) is 0 Å². The third-order valence-electron chi connectivity index (χ3n) is 6.85. The number of benzene rings is 1. The molecule has 1 aromatic carbocycles. The lowest BCUT2D eigenvalue weighted by Crippen LogP contribution is -2.51. The van der Waals surface area contributed by atoms with E-state index in [0.29, 0.717) is 6.61 Å². The molecule has 1 rings (SSSR count). The lowest BCUT2D eigenvalue weighted by Gasteiger charge is -2.41. The maximum absolute atomic E-state index is 12.0. The van der Waals surface area contributed by atoms with Crippen LogP contribution in [-0.4, -0.2) is 38.7 Å². The Bertz CT molecular complexity index is 663. The van der Waals surface area contributed by atoms with E-state index in [1.165, 1.54) is 0 Å². The molecule has 1 N–H and O–H groups in total. The molecule has 0 aliphatic heterocycles. The van der Waals surface area contributed by atoms with Gasteiger partial charge in [0.05, 0.1) is 31.8 Å². The third-order valence-corrected chi connectivity index (χ3v) is 11.5. The molecule has 0 saturated carbocycles. The smallest absolute Gasteiger partial charge is 0.308 e. The van der Waals surface area contributed by atoms with Crippen LogP contribution < -0.4 is 4.74 Å². The van der Waals surface area contributed by atoms with Crippen molar-refractivity contribution in [3.8, 4) is 5.75 Å². The number of carboxylic acid groups (broad SMARTS) is 1. The fourth-order valence-corrected chi connectivity index (χ4v) is 6.77. The first kappa shape index (κ1) is 27.4. The van der Waals surface area contributed by atoms with Crippen LogP contribution in [0.5, 0.6) is 5.75 Å². The van der Waals surface area contributed by atoms with Gasteiger partial charge in [-0.2, -0.15) is 0 Å². The number of carbonyl (C=O) groups is 1. The highest BCUT2D eigenvalue weighted by Gasteiger charge is 2.42. The van der Waals surface area contributed by atoms with Crippen LogP contribution in [-0.2, 0) is 20.6 Å². The molecule has 0 aliphatic rings. The van der Waals surface area contributed by atoms with Crippen LogP contribution in [0.15, 0.2) is 36.9 Å². The van der Waals surface area contributed by atoms with E-state index in [0.717, 1.165) is 29.4 Å². The molecular formula is C25H42O5Si. The Balaban J connectivity index is 3.28. The Labute approximate surface area is 189 Å². The molecule has 0 bridgehead atoms. The summed E-state index contributed by atoms with van der Waals surface area (Å²) < 4.78 is 18.5. The molecule has 6 heteroatoms. The first-order valence-corrected chi connectivity index (χ1v) is 14.0. The molecule has 5 atom stereocenters. The van der Waals surface area contributed by atoms with Crippen molar-refractivity contribution in [2.45, 2.75) is 78.5 Å². The van der Waals surface area contributed by atoms with E-state index in [2.05, 4.69) is 41.2 Å². The average Bonchev–Trinajstić information content (AvgIpc) is 2.80. The molecule has 1 aromatic rings. The molecule has 5 nitrogen and oxygen atoms in total. The van der Waals surface area contributed by atoms with E-state index < -0.39 is 26.3 Å². The molecule has 0 aromatic heterocycles. The second-order valence-corrected chi connectivity index (χ2v) is 13.3. The number of hydrogen-bond acceptors (Lipinski definition) is 4. The van der Waals surface area contributed by atoms with Crippen molar-refractivity contribution in [1.82, 2.24) is 0 Å². The Kier molecular flexibility index (Phi) is 11.5. The quantitative estimate of drug-likeness (QED) is 0.256. The van der Waals surface area contributed by atoms with Crippen molar-refractivity contribution < 1.29 is 23.8 Å². The monoisotopic (exact) mass is 450 g/mol. The zero-order valence-corrected chi connectivity index (χ0v) is 21.4. The van der Waals surface area contributed by atoms with Crippen molar-refractivity contribution >= 4 is 14.3 Å². The summed E-state index contributed by atoms with van der Waals surface area (Å²) in [4.78, 5) is 12.0. The van der Waals surface area contributed by atoms with Gasteiger partial charge in [-0.15, -0.1) is 6.58 Å². The summed E-state index contributed by atoms with van der Waals surface area (Å²) >= 11 is 0. The van der Waals surface area contributed by atoms with Crippen LogP contribution in [0.4, 0.5) is 0 Å². The number of allylic oxidation sites excluding steroid dienone is 1. The van der Waals surface area contributed by atoms with Crippen molar-refractivity contribution in [3.63, 3.8) is 0 Å². The van der Waals surface area contributed by atoms with E-state index in [9.17, 15) is 9.90 Å². The lowest BCUT2D eigenvalue weighted by molar-refractivity contribution is -0.152. The fraction of sp³-hybridized carbons (Fsp3) is 0.640. The Hall–Kier alpha value is -1.63. The summed E-state index contributed by atoms with van der Waals surface area (Å²) in [5.74, 6) is -0.516. The summed E-state index contributed by atoms with van der Waals surface area (Å²) in [5, 5.41) is 9.88. The highest BCUT2D eigenvalue weighted by atomic mass is 28.4. The van der Waals surface area contributed by atoms with Crippen LogP contribution >= 0.6 is 0 Å². The maximum Gasteiger partial charge on any atom is 0.308 e. The van der Waals surface area contributed by atoms with Gasteiger partial charge in [0, 0.05) is 0 Å². The summed E-state index contributed by atoms with van der Waals surface area (Å²) in [6.07, 6.45) is 1.03. The van der Waals surface area contributed by atoms with E-state index in [4.69, 9.17) is 13.9 Å². The number of ether oxygens (including phenoxy) is 2. The Morgan fingerprint density at radius 1 is 1.06 bits per heavy atom. The molecule has 0 fully saturated rings. The molecule has 0 heterocycles. The average molecular weight is 451 g/mol. The summed E-state index contributed by atoms with van der Waals surface area (Å²) in [6, 6.07) is 10.6. The number of carboxylic acids is 1. The number of aliphatic carboxylic acids is 1. The van der Waals surface area contributed by atoms with Gasteiger partial charge in [-0.25, -0.2) is 0 Å². The van der Waals surface area contributed by atoms with E-state index in [-0.39, 0.29) is 17.9 Å². The lowest BCUT2D eigenvalue weighted by atomic mass is 9.84. The van der Waals surface area contributed by atoms with Gasteiger partial charge in [0.25, 0.3) is 0 Å². The Morgan fingerprint density at radius 3 is 2.03 bits per heavy atom. The topological polar surface area (TPSA) is 65.0 Å². The van der Waals surface area contributed by atoms with Gasteiger partial charge in [-0.1, -0.05) is 52.8 Å². The minimum absolute atomic E-state index is 0.0554. The number of rotatable bonds is 15. The minimum Gasteiger partial charge on any atom is -0.497 e. The van der Waals surface area contributed by atoms with Crippen LogP contribution in [0.3, 0.4) is 0 Å². The largest absolute Gasteiger partial charge is 0.497 e. The van der Waals surface area contributed by atoms with Crippen LogP contribution in [0.25, 0.3) is 0 Å². The van der Waals surface area contributed by atoms with Crippen molar-refractivity contribution in [3.05, 3.63) is 42.5 Å². The molecule has 0 saturated heterocycles. The zero-order valence-electron chi connectivity index (χ0n) is 20.4. The molecule has 31 heavy (non-hydrogen) atoms. The molecular weight excluding hydrogens is 408 g/mol. The van der Waals surface area contributed by atoms with Crippen LogP contribution in [0.2, 0.25) is 18.1 Å². The molecule has 0 unspecified atom stereocenters. The predicted molar refractivity (Wildman–Crippen MR) is 129 cm³/mol. The molecule has 176 valence electrons. The first-order valence-electron chi connectivity index (χ1n) is 11.5.